The average Bonchev–Trinajstić information content (AvgIpc) is 2.73. The first-order chi connectivity index (χ1) is 13.7. The van der Waals surface area contributed by atoms with Crippen LogP contribution in [0.5, 0.6) is 11.5 Å². The lowest BCUT2D eigenvalue weighted by Crippen LogP contribution is -2.26. The first kappa shape index (κ1) is 19.4. The zero-order valence-electron chi connectivity index (χ0n) is 15.4. The molecule has 0 aliphatic carbocycles. The SMILES string of the molecule is O=C(NCCc1ccc(F)cc1)c1ccccc1OCCOc1ccccc1. The summed E-state index contributed by atoms with van der Waals surface area (Å²) in [6.07, 6.45) is 0.625. The van der Waals surface area contributed by atoms with Gasteiger partial charge in [-0.1, -0.05) is 42.5 Å². The summed E-state index contributed by atoms with van der Waals surface area (Å²) < 4.78 is 24.3. The molecule has 0 spiro atoms. The van der Waals surface area contributed by atoms with Crippen LogP contribution < -0.4 is 14.8 Å². The molecule has 0 aromatic heterocycles. The van der Waals surface area contributed by atoms with E-state index >= 15 is 0 Å². The Bertz CT molecular complexity index is 882. The van der Waals surface area contributed by atoms with Crippen LogP contribution in [0.3, 0.4) is 0 Å². The summed E-state index contributed by atoms with van der Waals surface area (Å²) in [5, 5.41) is 2.87. The van der Waals surface area contributed by atoms with E-state index in [4.69, 9.17) is 9.47 Å². The van der Waals surface area contributed by atoms with Gasteiger partial charge in [0.05, 0.1) is 5.56 Å². The van der Waals surface area contributed by atoms with Gasteiger partial charge in [-0.05, 0) is 48.4 Å². The number of amides is 1. The maximum atomic E-state index is 12.9. The van der Waals surface area contributed by atoms with Crippen molar-refractivity contribution < 1.29 is 18.7 Å². The number of hydrogen-bond acceptors (Lipinski definition) is 3. The van der Waals surface area contributed by atoms with E-state index in [9.17, 15) is 9.18 Å². The molecular weight excluding hydrogens is 357 g/mol. The summed E-state index contributed by atoms with van der Waals surface area (Å²) in [7, 11) is 0. The number of carbonyl (C=O) groups is 1. The van der Waals surface area contributed by atoms with Crippen molar-refractivity contribution in [2.75, 3.05) is 19.8 Å². The van der Waals surface area contributed by atoms with E-state index in [1.54, 1.807) is 30.3 Å². The van der Waals surface area contributed by atoms with Crippen LogP contribution in [0.2, 0.25) is 0 Å². The molecule has 0 atom stereocenters. The second-order valence-corrected chi connectivity index (χ2v) is 6.14. The fourth-order valence-electron chi connectivity index (χ4n) is 2.67. The molecule has 28 heavy (non-hydrogen) atoms. The minimum Gasteiger partial charge on any atom is -0.490 e. The largest absolute Gasteiger partial charge is 0.490 e. The highest BCUT2D eigenvalue weighted by Crippen LogP contribution is 2.18. The molecule has 3 aromatic rings. The van der Waals surface area contributed by atoms with Crippen LogP contribution in [0.15, 0.2) is 78.9 Å². The minimum atomic E-state index is -0.268. The molecule has 144 valence electrons. The van der Waals surface area contributed by atoms with Crippen LogP contribution in [-0.2, 0) is 6.42 Å². The maximum Gasteiger partial charge on any atom is 0.255 e. The lowest BCUT2D eigenvalue weighted by molar-refractivity contribution is 0.0949. The van der Waals surface area contributed by atoms with Crippen molar-refractivity contribution >= 4 is 5.91 Å². The van der Waals surface area contributed by atoms with E-state index in [-0.39, 0.29) is 11.7 Å². The van der Waals surface area contributed by atoms with E-state index in [1.165, 1.54) is 12.1 Å². The van der Waals surface area contributed by atoms with E-state index < -0.39 is 0 Å². The van der Waals surface area contributed by atoms with Gasteiger partial charge in [0.1, 0.15) is 30.5 Å². The Morgan fingerprint density at radius 3 is 2.29 bits per heavy atom. The maximum absolute atomic E-state index is 12.9. The van der Waals surface area contributed by atoms with Crippen molar-refractivity contribution in [2.45, 2.75) is 6.42 Å². The van der Waals surface area contributed by atoms with Crippen molar-refractivity contribution in [3.8, 4) is 11.5 Å². The average molecular weight is 379 g/mol. The topological polar surface area (TPSA) is 47.6 Å². The Morgan fingerprint density at radius 2 is 1.50 bits per heavy atom. The Labute approximate surface area is 163 Å². The number of rotatable bonds is 9. The predicted molar refractivity (Wildman–Crippen MR) is 106 cm³/mol. The Kier molecular flexibility index (Phi) is 7.01. The number of benzene rings is 3. The standard InChI is InChI=1S/C23H22FNO3/c24-19-12-10-18(11-13-19)14-15-25-23(26)21-8-4-5-9-22(21)28-17-16-27-20-6-2-1-3-7-20/h1-13H,14-17H2,(H,25,26). The van der Waals surface area contributed by atoms with E-state index in [2.05, 4.69) is 5.32 Å². The fraction of sp³-hybridized carbons (Fsp3) is 0.174. The third kappa shape index (κ3) is 5.84. The van der Waals surface area contributed by atoms with Crippen LogP contribution in [0.4, 0.5) is 4.39 Å². The van der Waals surface area contributed by atoms with E-state index in [0.717, 1.165) is 11.3 Å². The third-order valence-corrected chi connectivity index (χ3v) is 4.10. The van der Waals surface area contributed by atoms with Gasteiger partial charge in [-0.25, -0.2) is 4.39 Å². The van der Waals surface area contributed by atoms with Crippen LogP contribution in [-0.4, -0.2) is 25.7 Å². The highest BCUT2D eigenvalue weighted by Gasteiger charge is 2.11. The summed E-state index contributed by atoms with van der Waals surface area (Å²) in [4.78, 5) is 12.5. The smallest absolute Gasteiger partial charge is 0.255 e. The van der Waals surface area contributed by atoms with Crippen molar-refractivity contribution in [3.63, 3.8) is 0 Å². The molecule has 0 bridgehead atoms. The molecule has 0 unspecified atom stereocenters. The number of ether oxygens (including phenoxy) is 2. The second-order valence-electron chi connectivity index (χ2n) is 6.14. The number of halogens is 1. The van der Waals surface area contributed by atoms with Gasteiger partial charge in [0, 0.05) is 6.54 Å². The molecule has 4 nitrogen and oxygen atoms in total. The van der Waals surface area contributed by atoms with Gasteiger partial charge < -0.3 is 14.8 Å². The molecule has 1 N–H and O–H groups in total. The molecule has 0 aliphatic rings. The molecule has 0 fully saturated rings. The lowest BCUT2D eigenvalue weighted by Gasteiger charge is -2.12. The molecule has 0 aliphatic heterocycles. The van der Waals surface area contributed by atoms with Crippen LogP contribution in [0, 0.1) is 5.82 Å². The Hall–Kier alpha value is -3.34. The van der Waals surface area contributed by atoms with Crippen molar-refractivity contribution in [1.82, 2.24) is 5.32 Å². The van der Waals surface area contributed by atoms with Crippen LogP contribution >= 0.6 is 0 Å². The third-order valence-electron chi connectivity index (χ3n) is 4.10. The van der Waals surface area contributed by atoms with Gasteiger partial charge in [0.2, 0.25) is 0 Å². The molecule has 0 radical (unpaired) electrons. The predicted octanol–water partition coefficient (Wildman–Crippen LogP) is 4.26. The summed E-state index contributed by atoms with van der Waals surface area (Å²) >= 11 is 0. The fourth-order valence-corrected chi connectivity index (χ4v) is 2.67. The highest BCUT2D eigenvalue weighted by atomic mass is 19.1. The number of hydrogen-bond donors (Lipinski definition) is 1. The minimum absolute atomic E-state index is 0.207. The van der Waals surface area contributed by atoms with Crippen LogP contribution in [0.25, 0.3) is 0 Å². The van der Waals surface area contributed by atoms with Gasteiger partial charge in [0.25, 0.3) is 5.91 Å². The van der Waals surface area contributed by atoms with E-state index in [1.807, 2.05) is 36.4 Å². The number of carbonyl (C=O) groups excluding carboxylic acids is 1. The quantitative estimate of drug-likeness (QED) is 0.565. The molecule has 3 aromatic carbocycles. The summed E-state index contributed by atoms with van der Waals surface area (Å²) in [6, 6.07) is 22.8. The number of para-hydroxylation sites is 2. The Morgan fingerprint density at radius 1 is 0.821 bits per heavy atom. The molecule has 1 amide bonds. The molecule has 0 saturated heterocycles. The zero-order valence-corrected chi connectivity index (χ0v) is 15.4. The van der Waals surface area contributed by atoms with Gasteiger partial charge in [-0.15, -0.1) is 0 Å². The summed E-state index contributed by atoms with van der Waals surface area (Å²) in [5.41, 5.74) is 1.44. The first-order valence-corrected chi connectivity index (χ1v) is 9.15. The summed E-state index contributed by atoms with van der Waals surface area (Å²) in [5.74, 6) is 0.813. The normalized spacial score (nSPS) is 10.3. The lowest BCUT2D eigenvalue weighted by atomic mass is 10.1. The highest BCUT2D eigenvalue weighted by molar-refractivity contribution is 5.96. The van der Waals surface area contributed by atoms with Gasteiger partial charge in [-0.3, -0.25) is 4.79 Å². The van der Waals surface area contributed by atoms with Crippen molar-refractivity contribution in [3.05, 3.63) is 95.8 Å². The summed E-state index contributed by atoms with van der Waals surface area (Å²) in [6.45, 7) is 1.16. The second kappa shape index (κ2) is 10.1. The van der Waals surface area contributed by atoms with Gasteiger partial charge in [0.15, 0.2) is 0 Å². The van der Waals surface area contributed by atoms with Crippen LogP contribution in [0.1, 0.15) is 15.9 Å². The molecule has 3 rings (SSSR count). The first-order valence-electron chi connectivity index (χ1n) is 9.15. The van der Waals surface area contributed by atoms with E-state index in [0.29, 0.717) is 37.5 Å². The molecular formula is C23H22FNO3. The molecule has 5 heteroatoms. The zero-order chi connectivity index (χ0) is 19.6. The molecule has 0 saturated carbocycles. The van der Waals surface area contributed by atoms with Gasteiger partial charge >= 0.3 is 0 Å². The van der Waals surface area contributed by atoms with Crippen molar-refractivity contribution in [2.24, 2.45) is 0 Å². The Balaban J connectivity index is 1.48. The van der Waals surface area contributed by atoms with Crippen molar-refractivity contribution in [1.29, 1.82) is 0 Å². The van der Waals surface area contributed by atoms with Gasteiger partial charge in [-0.2, -0.15) is 0 Å². The molecule has 0 heterocycles. The number of nitrogens with one attached hydrogen (secondary N) is 1. The monoisotopic (exact) mass is 379 g/mol.